The van der Waals surface area contributed by atoms with Crippen LogP contribution in [0.4, 0.5) is 0 Å². The van der Waals surface area contributed by atoms with Crippen LogP contribution in [0.25, 0.3) is 0 Å². The number of phenols is 1. The number of rotatable bonds is 1. The predicted octanol–water partition coefficient (Wildman–Crippen LogP) is 1.12. The molecule has 5 nitrogen and oxygen atoms in total. The average molecular weight is 245 g/mol. The highest BCUT2D eigenvalue weighted by molar-refractivity contribution is 5.97. The minimum Gasteiger partial charge on any atom is -0.507 e. The Labute approximate surface area is 105 Å². The molecular weight excluding hydrogens is 230 g/mol. The molecule has 1 aromatic carbocycles. The van der Waals surface area contributed by atoms with Gasteiger partial charge in [-0.3, -0.25) is 14.2 Å². The third-order valence-electron chi connectivity index (χ3n) is 2.98. The Morgan fingerprint density at radius 2 is 1.89 bits per heavy atom. The highest BCUT2D eigenvalue weighted by Gasteiger charge is 2.09. The second-order valence-corrected chi connectivity index (χ2v) is 4.13. The van der Waals surface area contributed by atoms with E-state index in [9.17, 15) is 9.90 Å². The molecule has 1 N–H and O–H groups in total. The fourth-order valence-corrected chi connectivity index (χ4v) is 1.69. The largest absolute Gasteiger partial charge is 0.507 e. The molecule has 0 unspecified atom stereocenters. The van der Waals surface area contributed by atoms with Gasteiger partial charge in [0.1, 0.15) is 5.75 Å². The van der Waals surface area contributed by atoms with E-state index in [1.165, 1.54) is 6.07 Å². The summed E-state index contributed by atoms with van der Waals surface area (Å²) in [6, 6.07) is 8.20. The van der Waals surface area contributed by atoms with Crippen LogP contribution in [0.15, 0.2) is 35.3 Å². The number of nitrogens with zero attached hydrogens (tertiary/aromatic N) is 3. The zero-order valence-electron chi connectivity index (χ0n) is 10.6. The van der Waals surface area contributed by atoms with E-state index >= 15 is 0 Å². The summed E-state index contributed by atoms with van der Waals surface area (Å²) in [6.45, 7) is 1.93. The first-order valence-corrected chi connectivity index (χ1v) is 5.57. The van der Waals surface area contributed by atoms with Gasteiger partial charge in [0.15, 0.2) is 5.49 Å². The standard InChI is InChI=1S/C13H15N3O2/c1-9-8-12(16(3)15(9)2)14-13(18)10-6-4-5-7-11(10)17/h4-8,17H,1-3H3. The van der Waals surface area contributed by atoms with Crippen LogP contribution in [0.5, 0.6) is 5.75 Å². The lowest BCUT2D eigenvalue weighted by molar-refractivity contribution is 0.0994. The van der Waals surface area contributed by atoms with Gasteiger partial charge in [0.25, 0.3) is 5.91 Å². The maximum atomic E-state index is 12.0. The third kappa shape index (κ3) is 2.07. The molecule has 0 saturated carbocycles. The molecule has 0 saturated heterocycles. The smallest absolute Gasteiger partial charge is 0.282 e. The molecule has 0 aliphatic rings. The van der Waals surface area contributed by atoms with Crippen LogP contribution < -0.4 is 5.49 Å². The van der Waals surface area contributed by atoms with Crippen LogP contribution in [0, 0.1) is 6.92 Å². The van der Waals surface area contributed by atoms with E-state index in [1.54, 1.807) is 22.9 Å². The van der Waals surface area contributed by atoms with Crippen molar-refractivity contribution in [3.05, 3.63) is 47.1 Å². The van der Waals surface area contributed by atoms with Crippen molar-refractivity contribution in [2.75, 3.05) is 0 Å². The van der Waals surface area contributed by atoms with Gasteiger partial charge in [-0.25, -0.2) is 0 Å². The van der Waals surface area contributed by atoms with Crippen molar-refractivity contribution in [2.45, 2.75) is 6.92 Å². The van der Waals surface area contributed by atoms with Crippen molar-refractivity contribution in [1.29, 1.82) is 0 Å². The van der Waals surface area contributed by atoms with Crippen molar-refractivity contribution in [3.63, 3.8) is 0 Å². The molecule has 2 aromatic rings. The first-order valence-electron chi connectivity index (χ1n) is 5.57. The molecule has 5 heteroatoms. The van der Waals surface area contributed by atoms with Crippen molar-refractivity contribution in [3.8, 4) is 5.75 Å². The van der Waals surface area contributed by atoms with Crippen LogP contribution in [-0.4, -0.2) is 20.4 Å². The Hall–Kier alpha value is -2.30. The highest BCUT2D eigenvalue weighted by Crippen LogP contribution is 2.16. The molecule has 94 valence electrons. The zero-order valence-corrected chi connectivity index (χ0v) is 10.6. The van der Waals surface area contributed by atoms with E-state index < -0.39 is 5.91 Å². The minimum absolute atomic E-state index is 0.0541. The average Bonchev–Trinajstić information content (AvgIpc) is 2.57. The summed E-state index contributed by atoms with van der Waals surface area (Å²) in [6.07, 6.45) is 0. The summed E-state index contributed by atoms with van der Waals surface area (Å²) < 4.78 is 3.66. The Balaban J connectivity index is 2.49. The van der Waals surface area contributed by atoms with Crippen LogP contribution >= 0.6 is 0 Å². The minimum atomic E-state index is -0.450. The Bertz CT molecular complexity index is 665. The van der Waals surface area contributed by atoms with Gasteiger partial charge in [0.2, 0.25) is 0 Å². The van der Waals surface area contributed by atoms with Gasteiger partial charge in [-0.05, 0) is 19.1 Å². The number of hydrogen-bond acceptors (Lipinski definition) is 2. The fraction of sp³-hybridized carbons (Fsp3) is 0.231. The molecule has 0 spiro atoms. The quantitative estimate of drug-likeness (QED) is 0.818. The van der Waals surface area contributed by atoms with E-state index in [1.807, 2.05) is 31.8 Å². The van der Waals surface area contributed by atoms with Gasteiger partial charge in [0, 0.05) is 25.9 Å². The Morgan fingerprint density at radius 1 is 1.22 bits per heavy atom. The highest BCUT2D eigenvalue weighted by atomic mass is 16.3. The molecule has 0 aliphatic carbocycles. The lowest BCUT2D eigenvalue weighted by Gasteiger charge is -2.02. The van der Waals surface area contributed by atoms with Crippen molar-refractivity contribution in [1.82, 2.24) is 9.36 Å². The molecule has 0 bridgehead atoms. The Morgan fingerprint density at radius 3 is 2.44 bits per heavy atom. The lowest BCUT2D eigenvalue weighted by Crippen LogP contribution is -2.20. The molecule has 1 aromatic heterocycles. The van der Waals surface area contributed by atoms with Gasteiger partial charge in [-0.2, -0.15) is 4.99 Å². The molecular formula is C13H15N3O2. The summed E-state index contributed by atoms with van der Waals surface area (Å²) >= 11 is 0. The number of aromatic hydroxyl groups is 1. The second-order valence-electron chi connectivity index (χ2n) is 4.13. The van der Waals surface area contributed by atoms with Crippen molar-refractivity contribution < 1.29 is 9.90 Å². The van der Waals surface area contributed by atoms with Crippen molar-refractivity contribution in [2.24, 2.45) is 19.1 Å². The molecule has 1 heterocycles. The van der Waals surface area contributed by atoms with Gasteiger partial charge < -0.3 is 5.11 Å². The number of para-hydroxylation sites is 1. The molecule has 0 fully saturated rings. The SMILES string of the molecule is Cc1cc(=NC(=O)c2ccccc2O)n(C)n1C. The Kier molecular flexibility index (Phi) is 3.06. The van der Waals surface area contributed by atoms with E-state index in [4.69, 9.17) is 0 Å². The molecule has 0 aliphatic heterocycles. The summed E-state index contributed by atoms with van der Waals surface area (Å²) in [7, 11) is 3.71. The summed E-state index contributed by atoms with van der Waals surface area (Å²) in [5.74, 6) is -0.504. The molecule has 0 radical (unpaired) electrons. The number of aryl methyl sites for hydroxylation is 1. The van der Waals surface area contributed by atoms with Crippen LogP contribution in [0.1, 0.15) is 16.1 Å². The number of amides is 1. The van der Waals surface area contributed by atoms with Gasteiger partial charge in [-0.15, -0.1) is 0 Å². The summed E-state index contributed by atoms with van der Waals surface area (Å²) in [5, 5.41) is 9.60. The van der Waals surface area contributed by atoms with E-state index in [2.05, 4.69) is 4.99 Å². The first-order chi connectivity index (χ1) is 8.50. The van der Waals surface area contributed by atoms with Crippen molar-refractivity contribution >= 4 is 5.91 Å². The van der Waals surface area contributed by atoms with E-state index in [-0.39, 0.29) is 11.3 Å². The van der Waals surface area contributed by atoms with E-state index in [0.717, 1.165) is 5.69 Å². The number of phenolic OH excluding ortho intramolecular Hbond substituents is 1. The monoisotopic (exact) mass is 245 g/mol. The predicted molar refractivity (Wildman–Crippen MR) is 67.1 cm³/mol. The van der Waals surface area contributed by atoms with Crippen LogP contribution in [-0.2, 0) is 14.1 Å². The van der Waals surface area contributed by atoms with E-state index in [0.29, 0.717) is 5.49 Å². The molecule has 1 amide bonds. The van der Waals surface area contributed by atoms with Gasteiger partial charge >= 0.3 is 0 Å². The number of aromatic nitrogens is 2. The molecule has 18 heavy (non-hydrogen) atoms. The number of carbonyl (C=O) groups is 1. The first kappa shape index (κ1) is 12.2. The molecule has 2 rings (SSSR count). The summed E-state index contributed by atoms with van der Waals surface area (Å²) in [5.41, 5.74) is 1.77. The normalized spacial score (nSPS) is 11.8. The lowest BCUT2D eigenvalue weighted by atomic mass is 10.2. The topological polar surface area (TPSA) is 59.5 Å². The maximum absolute atomic E-state index is 12.0. The van der Waals surface area contributed by atoms with Crippen LogP contribution in [0.3, 0.4) is 0 Å². The molecule has 0 atom stereocenters. The summed E-state index contributed by atoms with van der Waals surface area (Å²) in [4.78, 5) is 16.0. The third-order valence-corrected chi connectivity index (χ3v) is 2.98. The zero-order chi connectivity index (χ0) is 13.3. The van der Waals surface area contributed by atoms with Crippen LogP contribution in [0.2, 0.25) is 0 Å². The number of carbonyl (C=O) groups excluding carboxylic acids is 1. The maximum Gasteiger partial charge on any atom is 0.282 e. The van der Waals surface area contributed by atoms with Gasteiger partial charge in [0.05, 0.1) is 5.56 Å². The second kappa shape index (κ2) is 4.52. The number of benzene rings is 1. The number of hydrogen-bond donors (Lipinski definition) is 1. The van der Waals surface area contributed by atoms with Gasteiger partial charge in [-0.1, -0.05) is 12.1 Å². The fourth-order valence-electron chi connectivity index (χ4n) is 1.69.